The molecule has 24 heavy (non-hydrogen) atoms. The Morgan fingerprint density at radius 1 is 1.00 bits per heavy atom. The third-order valence-corrected chi connectivity index (χ3v) is 5.26. The molecule has 0 spiro atoms. The van der Waals surface area contributed by atoms with E-state index in [9.17, 15) is 0 Å². The molecule has 0 amide bonds. The molecule has 0 bridgehead atoms. The fourth-order valence-corrected chi connectivity index (χ4v) is 3.81. The second kappa shape index (κ2) is 9.23. The van der Waals surface area contributed by atoms with E-state index in [1.54, 1.807) is 18.9 Å². The summed E-state index contributed by atoms with van der Waals surface area (Å²) in [5.74, 6) is 0. The van der Waals surface area contributed by atoms with E-state index in [1.165, 1.54) is 4.90 Å². The van der Waals surface area contributed by atoms with Gasteiger partial charge in [0.15, 0.2) is 6.29 Å². The second-order valence-electron chi connectivity index (χ2n) is 5.80. The van der Waals surface area contributed by atoms with Gasteiger partial charge in [-0.15, -0.1) is 0 Å². The smallest absolute Gasteiger partial charge is 0.158 e. The summed E-state index contributed by atoms with van der Waals surface area (Å²) in [6, 6.07) is 20.6. The molecule has 0 aliphatic carbocycles. The van der Waals surface area contributed by atoms with Crippen LogP contribution in [-0.4, -0.2) is 25.4 Å². The van der Waals surface area contributed by atoms with Gasteiger partial charge in [0.1, 0.15) is 11.5 Å². The lowest BCUT2D eigenvalue weighted by Crippen LogP contribution is -2.29. The Kier molecular flexibility index (Phi) is 6.73. The lowest BCUT2D eigenvalue weighted by Gasteiger charge is -2.32. The van der Waals surface area contributed by atoms with E-state index in [-0.39, 0.29) is 17.8 Å². The second-order valence-corrected chi connectivity index (χ2v) is 6.97. The van der Waals surface area contributed by atoms with Gasteiger partial charge in [0, 0.05) is 18.6 Å². The molecular weight excluding hydrogens is 320 g/mol. The zero-order valence-electron chi connectivity index (χ0n) is 14.0. The summed E-state index contributed by atoms with van der Waals surface area (Å²) in [5, 5.41) is 0. The zero-order chi connectivity index (χ0) is 16.6. The van der Waals surface area contributed by atoms with Crippen LogP contribution in [-0.2, 0) is 14.2 Å². The molecule has 2 aromatic rings. The quantitative estimate of drug-likeness (QED) is 0.520. The highest BCUT2D eigenvalue weighted by Crippen LogP contribution is 2.36. The van der Waals surface area contributed by atoms with Crippen LogP contribution in [0.4, 0.5) is 0 Å². The molecule has 3 nitrogen and oxygen atoms in total. The first kappa shape index (κ1) is 17.5. The van der Waals surface area contributed by atoms with Gasteiger partial charge in [-0.05, 0) is 37.0 Å². The molecule has 1 saturated heterocycles. The number of hydrogen-bond donors (Lipinski definition) is 0. The van der Waals surface area contributed by atoms with Crippen LogP contribution in [0.25, 0.3) is 0 Å². The van der Waals surface area contributed by atoms with Crippen molar-refractivity contribution in [2.24, 2.45) is 0 Å². The standard InChI is InChI=1S/C20H24O3S/c1-21-20(24-17-12-6-3-7-13-17)19(16-10-4-2-5-11-16)23-18-14-8-9-15-22-18/h2-7,10-13,18-20H,8-9,14-15H2,1H3. The van der Waals surface area contributed by atoms with Gasteiger partial charge in [-0.3, -0.25) is 0 Å². The Labute approximate surface area is 148 Å². The average Bonchev–Trinajstić information content (AvgIpc) is 2.67. The maximum atomic E-state index is 6.33. The van der Waals surface area contributed by atoms with Gasteiger partial charge in [0.05, 0.1) is 0 Å². The van der Waals surface area contributed by atoms with Crippen molar-refractivity contribution in [3.05, 3.63) is 66.2 Å². The van der Waals surface area contributed by atoms with Crippen molar-refractivity contribution in [1.82, 2.24) is 0 Å². The molecule has 3 atom stereocenters. The number of rotatable bonds is 7. The van der Waals surface area contributed by atoms with Gasteiger partial charge < -0.3 is 14.2 Å². The molecule has 0 N–H and O–H groups in total. The summed E-state index contributed by atoms with van der Waals surface area (Å²) in [4.78, 5) is 1.17. The van der Waals surface area contributed by atoms with Crippen LogP contribution in [0.1, 0.15) is 30.9 Å². The van der Waals surface area contributed by atoms with Gasteiger partial charge in [0.25, 0.3) is 0 Å². The van der Waals surface area contributed by atoms with Crippen molar-refractivity contribution in [3.8, 4) is 0 Å². The molecule has 128 valence electrons. The molecule has 3 unspecified atom stereocenters. The first-order valence-corrected chi connectivity index (χ1v) is 9.31. The van der Waals surface area contributed by atoms with Crippen LogP contribution in [0.3, 0.4) is 0 Å². The lowest BCUT2D eigenvalue weighted by molar-refractivity contribution is -0.202. The monoisotopic (exact) mass is 344 g/mol. The normalized spacial score (nSPS) is 20.5. The summed E-state index contributed by atoms with van der Waals surface area (Å²) in [7, 11) is 1.74. The van der Waals surface area contributed by atoms with Crippen LogP contribution >= 0.6 is 11.8 Å². The summed E-state index contributed by atoms with van der Waals surface area (Å²) in [5.41, 5.74) is 0.974. The summed E-state index contributed by atoms with van der Waals surface area (Å²) in [6.07, 6.45) is 2.87. The highest BCUT2D eigenvalue weighted by molar-refractivity contribution is 7.99. The summed E-state index contributed by atoms with van der Waals surface area (Å²) < 4.78 is 17.9. The Balaban J connectivity index is 1.78. The molecule has 0 saturated carbocycles. The van der Waals surface area contributed by atoms with E-state index in [1.807, 2.05) is 36.4 Å². The Hall–Kier alpha value is -1.33. The topological polar surface area (TPSA) is 27.7 Å². The first-order chi connectivity index (χ1) is 11.9. The molecule has 1 heterocycles. The Morgan fingerprint density at radius 3 is 2.33 bits per heavy atom. The maximum absolute atomic E-state index is 6.33. The number of hydrogen-bond acceptors (Lipinski definition) is 4. The highest BCUT2D eigenvalue weighted by Gasteiger charge is 2.29. The summed E-state index contributed by atoms with van der Waals surface area (Å²) >= 11 is 1.68. The minimum absolute atomic E-state index is 0.139. The Morgan fingerprint density at radius 2 is 1.71 bits per heavy atom. The molecule has 4 heteroatoms. The van der Waals surface area contributed by atoms with Gasteiger partial charge in [-0.2, -0.15) is 0 Å². The third-order valence-electron chi connectivity index (χ3n) is 4.04. The minimum atomic E-state index is -0.176. The fourth-order valence-electron chi connectivity index (χ4n) is 2.79. The van der Waals surface area contributed by atoms with Gasteiger partial charge in [-0.25, -0.2) is 0 Å². The molecular formula is C20H24O3S. The molecule has 0 aromatic heterocycles. The minimum Gasteiger partial charge on any atom is -0.367 e. The number of benzene rings is 2. The fraction of sp³-hybridized carbons (Fsp3) is 0.400. The van der Waals surface area contributed by atoms with E-state index in [0.717, 1.165) is 31.4 Å². The molecule has 1 aliphatic heterocycles. The highest BCUT2D eigenvalue weighted by atomic mass is 32.2. The van der Waals surface area contributed by atoms with Crippen LogP contribution in [0, 0.1) is 0 Å². The maximum Gasteiger partial charge on any atom is 0.158 e. The van der Waals surface area contributed by atoms with Crippen LogP contribution in [0.5, 0.6) is 0 Å². The molecule has 3 rings (SSSR count). The van der Waals surface area contributed by atoms with Crippen LogP contribution in [0.15, 0.2) is 65.6 Å². The van der Waals surface area contributed by atoms with Gasteiger partial charge in [0.2, 0.25) is 0 Å². The number of ether oxygens (including phenoxy) is 3. The molecule has 2 aromatic carbocycles. The number of thioether (sulfide) groups is 1. The van der Waals surface area contributed by atoms with Crippen LogP contribution in [0.2, 0.25) is 0 Å². The van der Waals surface area contributed by atoms with Crippen LogP contribution < -0.4 is 0 Å². The third kappa shape index (κ3) is 4.84. The summed E-state index contributed by atoms with van der Waals surface area (Å²) in [6.45, 7) is 0.773. The predicted molar refractivity (Wildman–Crippen MR) is 97.0 cm³/mol. The largest absolute Gasteiger partial charge is 0.367 e. The van der Waals surface area contributed by atoms with Crippen molar-refractivity contribution in [2.45, 2.75) is 42.0 Å². The van der Waals surface area contributed by atoms with E-state index in [0.29, 0.717) is 0 Å². The van der Waals surface area contributed by atoms with Crippen molar-refractivity contribution in [3.63, 3.8) is 0 Å². The van der Waals surface area contributed by atoms with E-state index >= 15 is 0 Å². The molecule has 1 aliphatic rings. The van der Waals surface area contributed by atoms with Crippen molar-refractivity contribution < 1.29 is 14.2 Å². The zero-order valence-corrected chi connectivity index (χ0v) is 14.8. The SMILES string of the molecule is COC(Sc1ccccc1)C(OC1CCCCO1)c1ccccc1. The Bertz CT molecular complexity index is 584. The van der Waals surface area contributed by atoms with Crippen molar-refractivity contribution in [1.29, 1.82) is 0 Å². The van der Waals surface area contributed by atoms with Crippen molar-refractivity contribution in [2.75, 3.05) is 13.7 Å². The average molecular weight is 344 g/mol. The first-order valence-electron chi connectivity index (χ1n) is 8.43. The van der Waals surface area contributed by atoms with E-state index in [4.69, 9.17) is 14.2 Å². The van der Waals surface area contributed by atoms with Gasteiger partial charge in [-0.1, -0.05) is 60.3 Å². The van der Waals surface area contributed by atoms with E-state index < -0.39 is 0 Å². The van der Waals surface area contributed by atoms with E-state index in [2.05, 4.69) is 24.3 Å². The predicted octanol–water partition coefficient (Wildman–Crippen LogP) is 5.04. The molecule has 0 radical (unpaired) electrons. The lowest BCUT2D eigenvalue weighted by atomic mass is 10.1. The molecule has 1 fully saturated rings. The van der Waals surface area contributed by atoms with Gasteiger partial charge >= 0.3 is 0 Å². The number of methoxy groups -OCH3 is 1. The van der Waals surface area contributed by atoms with Crippen molar-refractivity contribution >= 4 is 11.8 Å².